The molecule has 0 saturated carbocycles. The van der Waals surface area contributed by atoms with Gasteiger partial charge in [-0.25, -0.2) is 4.79 Å². The summed E-state index contributed by atoms with van der Waals surface area (Å²) >= 11 is 6.24. The quantitative estimate of drug-likeness (QED) is 0.367. The lowest BCUT2D eigenvalue weighted by Gasteiger charge is -2.24. The molecule has 0 fully saturated rings. The molecule has 3 aromatic carbocycles. The summed E-state index contributed by atoms with van der Waals surface area (Å²) in [5.74, 6) is 0. The molecule has 33 heavy (non-hydrogen) atoms. The molecule has 0 aliphatic heterocycles. The predicted octanol–water partition coefficient (Wildman–Crippen LogP) is 6.08. The smallest absolute Gasteiger partial charge is 0.321 e. The number of amides is 2. The van der Waals surface area contributed by atoms with Crippen LogP contribution in [-0.2, 0) is 13.0 Å². The third-order valence-electron chi connectivity index (χ3n) is 5.68. The Morgan fingerprint density at radius 1 is 1.00 bits per heavy atom. The molecule has 5 nitrogen and oxygen atoms in total. The first kappa shape index (κ1) is 22.6. The molecular formula is C27H26ClN3O2. The third-order valence-corrected chi connectivity index (χ3v) is 6.01. The number of rotatable bonds is 6. The lowest BCUT2D eigenvalue weighted by Crippen LogP contribution is -2.37. The zero-order valence-electron chi connectivity index (χ0n) is 18.7. The fourth-order valence-corrected chi connectivity index (χ4v) is 4.08. The number of carbonyl (C=O) groups is 1. The van der Waals surface area contributed by atoms with Crippen LogP contribution in [0.2, 0.25) is 5.02 Å². The molecule has 0 spiro atoms. The maximum Gasteiger partial charge on any atom is 0.322 e. The van der Waals surface area contributed by atoms with Crippen LogP contribution in [0.5, 0.6) is 0 Å². The molecule has 0 atom stereocenters. The molecule has 2 N–H and O–H groups in total. The number of hydrogen-bond acceptors (Lipinski definition) is 2. The number of aryl methyl sites for hydroxylation is 2. The summed E-state index contributed by atoms with van der Waals surface area (Å²) in [5, 5.41) is 4.29. The molecule has 0 bridgehead atoms. The standard InChI is InChI=1S/C27H26ClN3O2/c1-18-7-5-9-20(15-18)13-14-31(27(33)29-24-12-4-3-11-23(24)28)17-22-16-21-10-6-8-19(2)25(21)30-26(22)32/h3-12,15-16H,13-14,17H2,1-2H3,(H,29,33)(H,30,32). The van der Waals surface area contributed by atoms with Gasteiger partial charge in [0.15, 0.2) is 0 Å². The average molecular weight is 460 g/mol. The SMILES string of the molecule is Cc1cccc(CCN(Cc2cc3cccc(C)c3[nH]c2=O)C(=O)Nc2ccccc2Cl)c1. The van der Waals surface area contributed by atoms with Crippen LogP contribution < -0.4 is 10.9 Å². The molecule has 0 aliphatic carbocycles. The van der Waals surface area contributed by atoms with Crippen LogP contribution in [0, 0.1) is 13.8 Å². The summed E-state index contributed by atoms with van der Waals surface area (Å²) in [6.07, 6.45) is 0.669. The number of aromatic amines is 1. The van der Waals surface area contributed by atoms with Crippen LogP contribution in [0.25, 0.3) is 10.9 Å². The van der Waals surface area contributed by atoms with Gasteiger partial charge in [0.2, 0.25) is 0 Å². The molecule has 1 heterocycles. The Bertz CT molecular complexity index is 1360. The van der Waals surface area contributed by atoms with E-state index in [0.717, 1.165) is 22.0 Å². The summed E-state index contributed by atoms with van der Waals surface area (Å²) in [5.41, 5.74) is 5.00. The molecule has 0 radical (unpaired) electrons. The van der Waals surface area contributed by atoms with Crippen molar-refractivity contribution in [2.45, 2.75) is 26.8 Å². The Morgan fingerprint density at radius 3 is 2.58 bits per heavy atom. The number of nitrogens with one attached hydrogen (secondary N) is 2. The fourth-order valence-electron chi connectivity index (χ4n) is 3.89. The first-order chi connectivity index (χ1) is 15.9. The zero-order valence-corrected chi connectivity index (χ0v) is 19.4. The summed E-state index contributed by atoms with van der Waals surface area (Å²) in [4.78, 5) is 30.7. The van der Waals surface area contributed by atoms with Crippen LogP contribution in [0.1, 0.15) is 22.3 Å². The first-order valence-electron chi connectivity index (χ1n) is 10.9. The second-order valence-corrected chi connectivity index (χ2v) is 8.64. The molecule has 0 unspecified atom stereocenters. The average Bonchev–Trinajstić information content (AvgIpc) is 2.79. The Labute approximate surface area is 198 Å². The highest BCUT2D eigenvalue weighted by Gasteiger charge is 2.18. The first-order valence-corrected chi connectivity index (χ1v) is 11.3. The minimum Gasteiger partial charge on any atom is -0.321 e. The molecule has 4 aromatic rings. The lowest BCUT2D eigenvalue weighted by molar-refractivity contribution is 0.209. The van der Waals surface area contributed by atoms with E-state index in [4.69, 9.17) is 11.6 Å². The molecule has 168 valence electrons. The van der Waals surface area contributed by atoms with Crippen LogP contribution in [0.4, 0.5) is 10.5 Å². The van der Waals surface area contributed by atoms with Crippen LogP contribution in [-0.4, -0.2) is 22.5 Å². The van der Waals surface area contributed by atoms with Gasteiger partial charge < -0.3 is 15.2 Å². The number of urea groups is 1. The minimum absolute atomic E-state index is 0.182. The molecular weight excluding hydrogens is 434 g/mol. The number of halogens is 1. The van der Waals surface area contributed by atoms with Crippen molar-refractivity contribution in [3.63, 3.8) is 0 Å². The Hall–Kier alpha value is -3.57. The molecule has 1 aromatic heterocycles. The minimum atomic E-state index is -0.306. The Morgan fingerprint density at radius 2 is 1.79 bits per heavy atom. The van der Waals surface area contributed by atoms with Crippen molar-refractivity contribution in [3.05, 3.63) is 110 Å². The van der Waals surface area contributed by atoms with E-state index in [-0.39, 0.29) is 18.1 Å². The van der Waals surface area contributed by atoms with E-state index >= 15 is 0 Å². The van der Waals surface area contributed by atoms with Gasteiger partial charge in [0.1, 0.15) is 0 Å². The van der Waals surface area contributed by atoms with Gasteiger partial charge >= 0.3 is 6.03 Å². The van der Waals surface area contributed by atoms with Gasteiger partial charge in [-0.1, -0.05) is 71.8 Å². The van der Waals surface area contributed by atoms with Crippen LogP contribution >= 0.6 is 11.6 Å². The molecule has 2 amide bonds. The summed E-state index contributed by atoms with van der Waals surface area (Å²) in [6, 6.07) is 22.7. The predicted molar refractivity (Wildman–Crippen MR) is 135 cm³/mol. The lowest BCUT2D eigenvalue weighted by atomic mass is 10.1. The number of aromatic nitrogens is 1. The van der Waals surface area contributed by atoms with Crippen molar-refractivity contribution >= 4 is 34.2 Å². The number of para-hydroxylation sites is 2. The fraction of sp³-hybridized carbons (Fsp3) is 0.185. The Kier molecular flexibility index (Phi) is 6.80. The van der Waals surface area contributed by atoms with Crippen molar-refractivity contribution in [3.8, 4) is 0 Å². The number of pyridine rings is 1. The van der Waals surface area contributed by atoms with Gasteiger partial charge in [-0.3, -0.25) is 4.79 Å². The normalized spacial score (nSPS) is 10.9. The topological polar surface area (TPSA) is 65.2 Å². The van der Waals surface area contributed by atoms with Gasteiger partial charge in [0, 0.05) is 12.1 Å². The molecule has 4 rings (SSSR count). The maximum atomic E-state index is 13.2. The highest BCUT2D eigenvalue weighted by Crippen LogP contribution is 2.22. The number of hydrogen-bond donors (Lipinski definition) is 2. The van der Waals surface area contributed by atoms with Crippen LogP contribution in [0.15, 0.2) is 77.6 Å². The van der Waals surface area contributed by atoms with E-state index in [1.807, 2.05) is 68.4 Å². The summed E-state index contributed by atoms with van der Waals surface area (Å²) < 4.78 is 0. The highest BCUT2D eigenvalue weighted by molar-refractivity contribution is 6.33. The van der Waals surface area contributed by atoms with Crippen molar-refractivity contribution in [1.82, 2.24) is 9.88 Å². The van der Waals surface area contributed by atoms with Gasteiger partial charge in [0.25, 0.3) is 5.56 Å². The number of anilines is 1. The molecule has 0 saturated heterocycles. The van der Waals surface area contributed by atoms with E-state index in [1.165, 1.54) is 5.56 Å². The van der Waals surface area contributed by atoms with E-state index in [0.29, 0.717) is 29.2 Å². The van der Waals surface area contributed by atoms with E-state index in [2.05, 4.69) is 16.4 Å². The van der Waals surface area contributed by atoms with Gasteiger partial charge in [0.05, 0.1) is 22.8 Å². The number of benzene rings is 3. The van der Waals surface area contributed by atoms with Crippen molar-refractivity contribution in [1.29, 1.82) is 0 Å². The summed E-state index contributed by atoms with van der Waals surface area (Å²) in [7, 11) is 0. The number of nitrogens with zero attached hydrogens (tertiary/aromatic N) is 1. The molecule has 6 heteroatoms. The maximum absolute atomic E-state index is 13.2. The number of carbonyl (C=O) groups excluding carboxylic acids is 1. The van der Waals surface area contributed by atoms with Crippen molar-refractivity contribution in [2.24, 2.45) is 0 Å². The van der Waals surface area contributed by atoms with E-state index in [9.17, 15) is 9.59 Å². The van der Waals surface area contributed by atoms with E-state index in [1.54, 1.807) is 17.0 Å². The summed E-state index contributed by atoms with van der Waals surface area (Å²) in [6.45, 7) is 4.64. The number of H-pyrrole nitrogens is 1. The van der Waals surface area contributed by atoms with Crippen molar-refractivity contribution < 1.29 is 4.79 Å². The molecule has 0 aliphatic rings. The highest BCUT2D eigenvalue weighted by atomic mass is 35.5. The number of fused-ring (bicyclic) bond motifs is 1. The van der Waals surface area contributed by atoms with Gasteiger partial charge in [-0.2, -0.15) is 0 Å². The van der Waals surface area contributed by atoms with E-state index < -0.39 is 0 Å². The van der Waals surface area contributed by atoms with Crippen molar-refractivity contribution in [2.75, 3.05) is 11.9 Å². The van der Waals surface area contributed by atoms with Crippen LogP contribution in [0.3, 0.4) is 0 Å². The monoisotopic (exact) mass is 459 g/mol. The Balaban J connectivity index is 1.62. The zero-order chi connectivity index (χ0) is 23.4. The largest absolute Gasteiger partial charge is 0.322 e. The second kappa shape index (κ2) is 9.92. The van der Waals surface area contributed by atoms with Gasteiger partial charge in [-0.15, -0.1) is 0 Å². The second-order valence-electron chi connectivity index (χ2n) is 8.23. The third kappa shape index (κ3) is 5.44. The van der Waals surface area contributed by atoms with Gasteiger partial charge in [-0.05, 0) is 55.0 Å².